The Bertz CT molecular complexity index is 377. The molecule has 0 fully saturated rings. The summed E-state index contributed by atoms with van der Waals surface area (Å²) in [5, 5.41) is 3.48. The van der Waals surface area contributed by atoms with Gasteiger partial charge >= 0.3 is 0 Å². The van der Waals surface area contributed by atoms with Gasteiger partial charge in [0.25, 0.3) is 0 Å². The van der Waals surface area contributed by atoms with E-state index in [1.54, 1.807) is 13.2 Å². The molecule has 2 nitrogen and oxygen atoms in total. The average molecular weight is 267 g/mol. The summed E-state index contributed by atoms with van der Waals surface area (Å²) in [4.78, 5) is 0. The Balaban J connectivity index is 3.15. The fourth-order valence-electron chi connectivity index (χ4n) is 2.56. The topological polar surface area (TPSA) is 21.3 Å². The number of halogens is 1. The smallest absolute Gasteiger partial charge is 0.131 e. The predicted octanol–water partition coefficient (Wildman–Crippen LogP) is 4.31. The first-order valence-electron chi connectivity index (χ1n) is 7.25. The second-order valence-corrected chi connectivity index (χ2v) is 4.86. The number of methoxy groups -OCH3 is 1. The average Bonchev–Trinajstić information content (AvgIpc) is 2.43. The Morgan fingerprint density at radius 3 is 2.42 bits per heavy atom. The van der Waals surface area contributed by atoms with E-state index in [1.807, 2.05) is 6.07 Å². The quantitative estimate of drug-likeness (QED) is 0.757. The maximum Gasteiger partial charge on any atom is 0.131 e. The van der Waals surface area contributed by atoms with Gasteiger partial charge in [-0.05, 0) is 31.0 Å². The standard InChI is InChI=1S/C16H26FNO/c1-5-11-18-16(12(6-2)7-3)15-13(17)9-8-10-14(15)19-4/h8-10,12,16,18H,5-7,11H2,1-4H3. The third-order valence-electron chi connectivity index (χ3n) is 3.68. The van der Waals surface area contributed by atoms with Crippen molar-refractivity contribution in [3.05, 3.63) is 29.6 Å². The van der Waals surface area contributed by atoms with Gasteiger partial charge < -0.3 is 10.1 Å². The van der Waals surface area contributed by atoms with Gasteiger partial charge in [0.15, 0.2) is 0 Å². The molecule has 0 amide bonds. The molecule has 1 aromatic carbocycles. The molecule has 0 saturated carbocycles. The van der Waals surface area contributed by atoms with Gasteiger partial charge in [-0.3, -0.25) is 0 Å². The maximum absolute atomic E-state index is 14.2. The largest absolute Gasteiger partial charge is 0.496 e. The summed E-state index contributed by atoms with van der Waals surface area (Å²) in [6.45, 7) is 7.32. The highest BCUT2D eigenvalue weighted by Gasteiger charge is 2.25. The first kappa shape index (κ1) is 16.0. The molecule has 1 rings (SSSR count). The van der Waals surface area contributed by atoms with Gasteiger partial charge in [0, 0.05) is 11.6 Å². The van der Waals surface area contributed by atoms with Crippen LogP contribution in [0.1, 0.15) is 51.6 Å². The van der Waals surface area contributed by atoms with Crippen molar-refractivity contribution in [3.8, 4) is 5.75 Å². The van der Waals surface area contributed by atoms with E-state index >= 15 is 0 Å². The van der Waals surface area contributed by atoms with Crippen molar-refractivity contribution in [3.63, 3.8) is 0 Å². The molecule has 0 aliphatic rings. The fourth-order valence-corrected chi connectivity index (χ4v) is 2.56. The SMILES string of the molecule is CCCNC(c1c(F)cccc1OC)C(CC)CC. The lowest BCUT2D eigenvalue weighted by molar-refractivity contribution is 0.316. The first-order valence-corrected chi connectivity index (χ1v) is 7.25. The fraction of sp³-hybridized carbons (Fsp3) is 0.625. The molecule has 108 valence electrons. The third kappa shape index (κ3) is 3.93. The summed E-state index contributed by atoms with van der Waals surface area (Å²) in [7, 11) is 1.60. The minimum atomic E-state index is -0.181. The van der Waals surface area contributed by atoms with Gasteiger partial charge in [-0.2, -0.15) is 0 Å². The van der Waals surface area contributed by atoms with Crippen molar-refractivity contribution in [1.82, 2.24) is 5.32 Å². The minimum Gasteiger partial charge on any atom is -0.496 e. The molecule has 0 bridgehead atoms. The van der Waals surface area contributed by atoms with Crippen LogP contribution >= 0.6 is 0 Å². The zero-order valence-electron chi connectivity index (χ0n) is 12.5. The van der Waals surface area contributed by atoms with E-state index in [0.717, 1.165) is 25.8 Å². The van der Waals surface area contributed by atoms with Crippen molar-refractivity contribution < 1.29 is 9.13 Å². The van der Waals surface area contributed by atoms with Crippen LogP contribution in [0.4, 0.5) is 4.39 Å². The molecule has 1 unspecified atom stereocenters. The Kier molecular flexibility index (Phi) is 6.85. The van der Waals surface area contributed by atoms with Crippen LogP contribution < -0.4 is 10.1 Å². The summed E-state index contributed by atoms with van der Waals surface area (Å²) in [6, 6.07) is 5.06. The number of ether oxygens (including phenoxy) is 1. The van der Waals surface area contributed by atoms with Gasteiger partial charge in [0.05, 0.1) is 7.11 Å². The lowest BCUT2D eigenvalue weighted by atomic mass is 9.88. The predicted molar refractivity (Wildman–Crippen MR) is 78.1 cm³/mol. The van der Waals surface area contributed by atoms with Crippen LogP contribution in [0.3, 0.4) is 0 Å². The molecule has 3 heteroatoms. The highest BCUT2D eigenvalue weighted by Crippen LogP contribution is 2.35. The van der Waals surface area contributed by atoms with Crippen LogP contribution in [0.15, 0.2) is 18.2 Å². The minimum absolute atomic E-state index is 0.0195. The lowest BCUT2D eigenvalue weighted by Crippen LogP contribution is -2.29. The Morgan fingerprint density at radius 1 is 1.21 bits per heavy atom. The molecule has 0 aliphatic heterocycles. The van der Waals surface area contributed by atoms with Gasteiger partial charge in [-0.1, -0.05) is 39.7 Å². The normalized spacial score (nSPS) is 12.7. The maximum atomic E-state index is 14.2. The molecule has 0 aromatic heterocycles. The zero-order chi connectivity index (χ0) is 14.3. The summed E-state index contributed by atoms with van der Waals surface area (Å²) in [5.41, 5.74) is 0.673. The van der Waals surface area contributed by atoms with Crippen LogP contribution in [-0.2, 0) is 0 Å². The molecular weight excluding hydrogens is 241 g/mol. The van der Waals surface area contributed by atoms with E-state index in [4.69, 9.17) is 4.74 Å². The molecule has 0 aliphatic carbocycles. The van der Waals surface area contributed by atoms with Crippen LogP contribution in [0.5, 0.6) is 5.75 Å². The van der Waals surface area contributed by atoms with Crippen LogP contribution in [-0.4, -0.2) is 13.7 Å². The number of hydrogen-bond donors (Lipinski definition) is 1. The van der Waals surface area contributed by atoms with Crippen molar-refractivity contribution in [2.24, 2.45) is 5.92 Å². The van der Waals surface area contributed by atoms with Crippen LogP contribution in [0.25, 0.3) is 0 Å². The highest BCUT2D eigenvalue weighted by molar-refractivity contribution is 5.37. The summed E-state index contributed by atoms with van der Waals surface area (Å²) in [6.07, 6.45) is 3.08. The number of benzene rings is 1. The Morgan fingerprint density at radius 2 is 1.89 bits per heavy atom. The van der Waals surface area contributed by atoms with E-state index in [-0.39, 0.29) is 11.9 Å². The third-order valence-corrected chi connectivity index (χ3v) is 3.68. The van der Waals surface area contributed by atoms with E-state index in [0.29, 0.717) is 17.2 Å². The van der Waals surface area contributed by atoms with Gasteiger partial charge in [0.1, 0.15) is 11.6 Å². The number of hydrogen-bond acceptors (Lipinski definition) is 2. The molecule has 0 heterocycles. The van der Waals surface area contributed by atoms with Crippen LogP contribution in [0, 0.1) is 11.7 Å². The molecule has 0 radical (unpaired) electrons. The highest BCUT2D eigenvalue weighted by atomic mass is 19.1. The second kappa shape index (κ2) is 8.16. The summed E-state index contributed by atoms with van der Waals surface area (Å²) < 4.78 is 19.6. The Hall–Kier alpha value is -1.09. The van der Waals surface area contributed by atoms with E-state index in [2.05, 4.69) is 26.1 Å². The summed E-state index contributed by atoms with van der Waals surface area (Å²) in [5.74, 6) is 0.873. The number of rotatable bonds is 8. The number of nitrogens with one attached hydrogen (secondary N) is 1. The van der Waals surface area contributed by atoms with E-state index in [1.165, 1.54) is 6.07 Å². The van der Waals surface area contributed by atoms with E-state index < -0.39 is 0 Å². The first-order chi connectivity index (χ1) is 9.19. The monoisotopic (exact) mass is 267 g/mol. The van der Waals surface area contributed by atoms with Crippen molar-refractivity contribution in [2.75, 3.05) is 13.7 Å². The molecule has 0 saturated heterocycles. The van der Waals surface area contributed by atoms with Gasteiger partial charge in [-0.25, -0.2) is 4.39 Å². The summed E-state index contributed by atoms with van der Waals surface area (Å²) >= 11 is 0. The second-order valence-electron chi connectivity index (χ2n) is 4.86. The molecular formula is C16H26FNO. The molecule has 0 spiro atoms. The van der Waals surface area contributed by atoms with E-state index in [9.17, 15) is 4.39 Å². The molecule has 1 aromatic rings. The van der Waals surface area contributed by atoms with Gasteiger partial charge in [0.2, 0.25) is 0 Å². The van der Waals surface area contributed by atoms with Crippen molar-refractivity contribution in [2.45, 2.75) is 46.1 Å². The van der Waals surface area contributed by atoms with Gasteiger partial charge in [-0.15, -0.1) is 0 Å². The van der Waals surface area contributed by atoms with Crippen LogP contribution in [0.2, 0.25) is 0 Å². The Labute approximate surface area is 116 Å². The lowest BCUT2D eigenvalue weighted by Gasteiger charge is -2.28. The molecule has 19 heavy (non-hydrogen) atoms. The molecule has 1 N–H and O–H groups in total. The zero-order valence-corrected chi connectivity index (χ0v) is 12.5. The van der Waals surface area contributed by atoms with Crippen molar-refractivity contribution >= 4 is 0 Å². The van der Waals surface area contributed by atoms with Crippen molar-refractivity contribution in [1.29, 1.82) is 0 Å². The molecule has 1 atom stereocenters.